The number of aromatic nitrogens is 4. The number of amides is 1. The van der Waals surface area contributed by atoms with Crippen molar-refractivity contribution in [3.05, 3.63) is 57.7 Å². The van der Waals surface area contributed by atoms with Gasteiger partial charge in [0, 0.05) is 35.2 Å². The van der Waals surface area contributed by atoms with E-state index in [1.807, 2.05) is 6.07 Å². The Morgan fingerprint density at radius 2 is 2.18 bits per heavy atom. The highest BCUT2D eigenvalue weighted by Gasteiger charge is 2.62. The number of carbonyl (C=O) groups excluding carboxylic acids is 1. The summed E-state index contributed by atoms with van der Waals surface area (Å²) in [5, 5.41) is 7.66. The summed E-state index contributed by atoms with van der Waals surface area (Å²) in [6.07, 6.45) is 12.0. The summed E-state index contributed by atoms with van der Waals surface area (Å²) in [6, 6.07) is 4.04. The molecule has 6 rings (SSSR count). The standard InChI is InChI=1S/C26H29N5O2S/c1-15-10-19(16(2)34-15)22-6-9-27-25(30-22)31-23(14-33-3)20(13-29-31)24(32)28-12-17-11-18-4-5-21(17)26(18)7-8-26/h4-6,9-10,13,17-18,21H,7-8,11-12,14H2,1-3H3,(H,28,32). The molecule has 1 N–H and O–H groups in total. The molecule has 8 heteroatoms. The molecule has 0 aromatic carbocycles. The van der Waals surface area contributed by atoms with Gasteiger partial charge in [-0.15, -0.1) is 11.3 Å². The first kappa shape index (κ1) is 21.7. The van der Waals surface area contributed by atoms with Crippen LogP contribution in [0.5, 0.6) is 0 Å². The van der Waals surface area contributed by atoms with E-state index in [9.17, 15) is 4.79 Å². The zero-order chi connectivity index (χ0) is 23.4. The molecular weight excluding hydrogens is 446 g/mol. The summed E-state index contributed by atoms with van der Waals surface area (Å²) in [7, 11) is 1.62. The molecule has 7 nitrogen and oxygen atoms in total. The van der Waals surface area contributed by atoms with Gasteiger partial charge < -0.3 is 10.1 Å². The lowest BCUT2D eigenvalue weighted by Gasteiger charge is -2.20. The van der Waals surface area contributed by atoms with E-state index in [1.54, 1.807) is 35.5 Å². The molecule has 176 valence electrons. The molecule has 3 atom stereocenters. The number of hydrogen-bond acceptors (Lipinski definition) is 6. The lowest BCUT2D eigenvalue weighted by atomic mass is 9.89. The van der Waals surface area contributed by atoms with Crippen LogP contribution in [0.25, 0.3) is 17.2 Å². The van der Waals surface area contributed by atoms with Crippen molar-refractivity contribution in [2.45, 2.75) is 39.7 Å². The highest BCUT2D eigenvalue weighted by Crippen LogP contribution is 2.69. The molecule has 0 saturated heterocycles. The Morgan fingerprint density at radius 1 is 1.32 bits per heavy atom. The van der Waals surface area contributed by atoms with Gasteiger partial charge in [0.15, 0.2) is 0 Å². The molecule has 0 radical (unpaired) electrons. The van der Waals surface area contributed by atoms with E-state index in [1.165, 1.54) is 29.0 Å². The van der Waals surface area contributed by atoms with Crippen molar-refractivity contribution >= 4 is 17.2 Å². The van der Waals surface area contributed by atoms with Gasteiger partial charge in [-0.2, -0.15) is 9.78 Å². The minimum atomic E-state index is -0.115. The Bertz CT molecular complexity index is 1290. The van der Waals surface area contributed by atoms with Crippen molar-refractivity contribution in [1.29, 1.82) is 0 Å². The summed E-state index contributed by atoms with van der Waals surface area (Å²) in [4.78, 5) is 24.8. The third-order valence-corrected chi connectivity index (χ3v) is 8.88. The lowest BCUT2D eigenvalue weighted by molar-refractivity contribution is 0.0938. The Balaban J connectivity index is 1.23. The largest absolute Gasteiger partial charge is 0.378 e. The monoisotopic (exact) mass is 475 g/mol. The van der Waals surface area contributed by atoms with Crippen molar-refractivity contribution < 1.29 is 9.53 Å². The molecule has 3 aliphatic carbocycles. The molecule has 3 aliphatic rings. The molecule has 1 amide bonds. The normalized spacial score (nSPS) is 23.7. The number of ether oxygens (including phenoxy) is 1. The van der Waals surface area contributed by atoms with Gasteiger partial charge in [0.25, 0.3) is 11.9 Å². The van der Waals surface area contributed by atoms with E-state index < -0.39 is 0 Å². The Kier molecular flexibility index (Phi) is 5.18. The van der Waals surface area contributed by atoms with Gasteiger partial charge in [-0.3, -0.25) is 4.79 Å². The highest BCUT2D eigenvalue weighted by atomic mass is 32.1. The molecule has 2 fully saturated rings. The third-order valence-electron chi connectivity index (χ3n) is 7.91. The van der Waals surface area contributed by atoms with E-state index in [2.05, 4.69) is 47.5 Å². The first-order valence-electron chi connectivity index (χ1n) is 11.9. The van der Waals surface area contributed by atoms with Gasteiger partial charge in [-0.1, -0.05) is 12.2 Å². The molecular formula is C26H29N5O2S. The fourth-order valence-corrected chi connectivity index (χ4v) is 7.10. The van der Waals surface area contributed by atoms with Gasteiger partial charge in [-0.05, 0) is 68.4 Å². The van der Waals surface area contributed by atoms with Gasteiger partial charge in [0.05, 0.1) is 29.8 Å². The maximum atomic E-state index is 13.2. The molecule has 34 heavy (non-hydrogen) atoms. The van der Waals surface area contributed by atoms with Crippen molar-refractivity contribution in [2.75, 3.05) is 13.7 Å². The number of rotatable bonds is 7. The predicted octanol–water partition coefficient (Wildman–Crippen LogP) is 4.49. The van der Waals surface area contributed by atoms with E-state index in [-0.39, 0.29) is 12.5 Å². The number of nitrogens with zero attached hydrogens (tertiary/aromatic N) is 4. The zero-order valence-corrected chi connectivity index (χ0v) is 20.6. The molecule has 1 spiro atoms. The summed E-state index contributed by atoms with van der Waals surface area (Å²) in [5.41, 5.74) is 3.64. The van der Waals surface area contributed by atoms with Crippen molar-refractivity contribution in [1.82, 2.24) is 25.1 Å². The van der Waals surface area contributed by atoms with Crippen LogP contribution in [-0.2, 0) is 11.3 Å². The quantitative estimate of drug-likeness (QED) is 0.509. The van der Waals surface area contributed by atoms with Crippen LogP contribution in [-0.4, -0.2) is 39.3 Å². The zero-order valence-electron chi connectivity index (χ0n) is 19.7. The lowest BCUT2D eigenvalue weighted by Crippen LogP contribution is -2.32. The number of hydrogen-bond donors (Lipinski definition) is 1. The average molecular weight is 476 g/mol. The van der Waals surface area contributed by atoms with Crippen LogP contribution in [0.3, 0.4) is 0 Å². The number of nitrogens with one attached hydrogen (secondary N) is 1. The van der Waals surface area contributed by atoms with Gasteiger partial charge in [0.1, 0.15) is 0 Å². The summed E-state index contributed by atoms with van der Waals surface area (Å²) >= 11 is 1.75. The number of methoxy groups -OCH3 is 1. The van der Waals surface area contributed by atoms with E-state index in [0.29, 0.717) is 46.9 Å². The van der Waals surface area contributed by atoms with E-state index >= 15 is 0 Å². The third kappa shape index (κ3) is 3.43. The van der Waals surface area contributed by atoms with Crippen LogP contribution in [0.15, 0.2) is 36.7 Å². The number of carbonyl (C=O) groups is 1. The van der Waals surface area contributed by atoms with E-state index in [4.69, 9.17) is 9.72 Å². The first-order valence-corrected chi connectivity index (χ1v) is 12.7. The summed E-state index contributed by atoms with van der Waals surface area (Å²) in [6.45, 7) is 5.13. The number of thiophene rings is 1. The Morgan fingerprint density at radius 3 is 2.88 bits per heavy atom. The first-order chi connectivity index (χ1) is 16.5. The minimum Gasteiger partial charge on any atom is -0.378 e. The summed E-state index contributed by atoms with van der Waals surface area (Å²) in [5.74, 6) is 2.18. The van der Waals surface area contributed by atoms with Crippen molar-refractivity contribution in [2.24, 2.45) is 23.2 Å². The van der Waals surface area contributed by atoms with Crippen LogP contribution in [0.2, 0.25) is 0 Å². The fraction of sp³-hybridized carbons (Fsp3) is 0.462. The Hall–Kier alpha value is -2.84. The minimum absolute atomic E-state index is 0.115. The average Bonchev–Trinajstić information content (AvgIpc) is 3.08. The second kappa shape index (κ2) is 8.13. The van der Waals surface area contributed by atoms with Gasteiger partial charge >= 0.3 is 0 Å². The molecule has 3 unspecified atom stereocenters. The van der Waals surface area contributed by atoms with E-state index in [0.717, 1.165) is 11.3 Å². The van der Waals surface area contributed by atoms with Crippen molar-refractivity contribution in [3.8, 4) is 17.2 Å². The summed E-state index contributed by atoms with van der Waals surface area (Å²) < 4.78 is 7.05. The topological polar surface area (TPSA) is 81.9 Å². The van der Waals surface area contributed by atoms with Crippen LogP contribution in [0, 0.1) is 37.0 Å². The second-order valence-corrected chi connectivity index (χ2v) is 11.3. The SMILES string of the molecule is COCc1c(C(=O)NCC2CC3C=CC2C32CC2)cnn1-c1nccc(-c2cc(C)sc2C)n1. The van der Waals surface area contributed by atoms with Gasteiger partial charge in [0.2, 0.25) is 0 Å². The highest BCUT2D eigenvalue weighted by molar-refractivity contribution is 7.12. The smallest absolute Gasteiger partial charge is 0.254 e. The second-order valence-electron chi connectivity index (χ2n) is 9.87. The van der Waals surface area contributed by atoms with Crippen LogP contribution in [0.4, 0.5) is 0 Å². The van der Waals surface area contributed by atoms with Crippen LogP contribution in [0.1, 0.15) is 45.1 Å². The van der Waals surface area contributed by atoms with Crippen LogP contribution < -0.4 is 5.32 Å². The number of allylic oxidation sites excluding steroid dienone is 2. The maximum Gasteiger partial charge on any atom is 0.254 e. The maximum absolute atomic E-state index is 13.2. The molecule has 3 aromatic heterocycles. The molecule has 2 bridgehead atoms. The Labute approximate surface area is 203 Å². The molecule has 0 aliphatic heterocycles. The molecule has 3 aromatic rings. The van der Waals surface area contributed by atoms with Crippen LogP contribution >= 0.6 is 11.3 Å². The molecule has 2 saturated carbocycles. The number of aryl methyl sites for hydroxylation is 2. The fourth-order valence-electron chi connectivity index (χ4n) is 6.17. The molecule has 3 heterocycles. The predicted molar refractivity (Wildman–Crippen MR) is 131 cm³/mol. The van der Waals surface area contributed by atoms with Crippen molar-refractivity contribution in [3.63, 3.8) is 0 Å². The van der Waals surface area contributed by atoms with Gasteiger partial charge in [-0.25, -0.2) is 9.97 Å².